The van der Waals surface area contributed by atoms with Gasteiger partial charge < -0.3 is 5.32 Å². The maximum atomic E-state index is 10.9. The molecule has 0 radical (unpaired) electrons. The zero-order valence-corrected chi connectivity index (χ0v) is 12.8. The summed E-state index contributed by atoms with van der Waals surface area (Å²) in [4.78, 5) is 2.82. The molecule has 1 N–H and O–H groups in total. The molecule has 0 bridgehead atoms. The van der Waals surface area contributed by atoms with Gasteiger partial charge in [-0.15, -0.1) is 11.3 Å². The molecule has 0 aliphatic heterocycles. The van der Waals surface area contributed by atoms with Crippen LogP contribution in [0.25, 0.3) is 0 Å². The Balaban J connectivity index is 2.28. The van der Waals surface area contributed by atoms with Gasteiger partial charge in [0.2, 0.25) is 0 Å². The molecule has 0 amide bonds. The molecule has 98 valence electrons. The minimum atomic E-state index is -0.659. The summed E-state index contributed by atoms with van der Waals surface area (Å²) >= 11 is 1.88. The summed E-state index contributed by atoms with van der Waals surface area (Å²) in [6.45, 7) is 8.60. The monoisotopic (exact) mass is 273 g/mol. The van der Waals surface area contributed by atoms with Gasteiger partial charge in [-0.2, -0.15) is 0 Å². The van der Waals surface area contributed by atoms with E-state index in [1.807, 2.05) is 11.3 Å². The van der Waals surface area contributed by atoms with E-state index in [1.165, 1.54) is 9.75 Å². The van der Waals surface area contributed by atoms with Gasteiger partial charge >= 0.3 is 0 Å². The van der Waals surface area contributed by atoms with Crippen LogP contribution in [0.15, 0.2) is 12.1 Å². The van der Waals surface area contributed by atoms with E-state index in [2.05, 4.69) is 38.2 Å². The molecule has 17 heavy (non-hydrogen) atoms. The van der Waals surface area contributed by atoms with E-state index in [0.717, 1.165) is 25.3 Å². The molecule has 4 heteroatoms. The predicted octanol–water partition coefficient (Wildman–Crippen LogP) is 2.90. The Morgan fingerprint density at radius 1 is 1.35 bits per heavy atom. The first-order valence-corrected chi connectivity index (χ1v) is 8.54. The van der Waals surface area contributed by atoms with Crippen molar-refractivity contribution < 1.29 is 4.21 Å². The lowest BCUT2D eigenvalue weighted by Crippen LogP contribution is -2.15. The molecule has 0 fully saturated rings. The Hall–Kier alpha value is -0.190. The van der Waals surface area contributed by atoms with Crippen molar-refractivity contribution in [2.45, 2.75) is 39.2 Å². The fraction of sp³-hybridized carbons (Fsp3) is 0.692. The predicted molar refractivity (Wildman–Crippen MR) is 78.3 cm³/mol. The molecule has 1 unspecified atom stereocenters. The summed E-state index contributed by atoms with van der Waals surface area (Å²) in [5.41, 5.74) is 0.252. The van der Waals surface area contributed by atoms with E-state index in [0.29, 0.717) is 0 Å². The average Bonchev–Trinajstić information content (AvgIpc) is 2.64. The summed E-state index contributed by atoms with van der Waals surface area (Å²) in [6.07, 6.45) is 2.75. The van der Waals surface area contributed by atoms with Crippen LogP contribution in [0, 0.1) is 0 Å². The van der Waals surface area contributed by atoms with E-state index in [1.54, 1.807) is 6.26 Å². The molecule has 1 rings (SSSR count). The third kappa shape index (κ3) is 5.80. The molecule has 0 aliphatic carbocycles. The third-order valence-corrected chi connectivity index (χ3v) is 4.86. The van der Waals surface area contributed by atoms with Gasteiger partial charge in [0.15, 0.2) is 0 Å². The van der Waals surface area contributed by atoms with Crippen molar-refractivity contribution in [1.29, 1.82) is 0 Å². The van der Waals surface area contributed by atoms with Gasteiger partial charge in [0.1, 0.15) is 0 Å². The Kier molecular flexibility index (Phi) is 5.83. The molecule has 1 heterocycles. The van der Waals surface area contributed by atoms with Gasteiger partial charge in [0, 0.05) is 39.1 Å². The topological polar surface area (TPSA) is 29.1 Å². The number of thiophene rings is 1. The van der Waals surface area contributed by atoms with Gasteiger partial charge in [0.25, 0.3) is 0 Å². The zero-order valence-electron chi connectivity index (χ0n) is 11.2. The molecular weight excluding hydrogens is 250 g/mol. The van der Waals surface area contributed by atoms with E-state index < -0.39 is 10.8 Å². The first-order chi connectivity index (χ1) is 7.89. The van der Waals surface area contributed by atoms with Gasteiger partial charge in [-0.25, -0.2) is 0 Å². The lowest BCUT2D eigenvalue weighted by molar-refractivity contribution is 0.604. The Labute approximate surface area is 111 Å². The van der Waals surface area contributed by atoms with Crippen LogP contribution in [0.3, 0.4) is 0 Å². The fourth-order valence-corrected chi connectivity index (χ4v) is 3.07. The quantitative estimate of drug-likeness (QED) is 0.808. The third-order valence-electron chi connectivity index (χ3n) is 2.49. The van der Waals surface area contributed by atoms with Crippen molar-refractivity contribution in [2.24, 2.45) is 0 Å². The molecule has 0 saturated heterocycles. The zero-order chi connectivity index (χ0) is 12.9. The minimum absolute atomic E-state index is 0.252. The highest BCUT2D eigenvalue weighted by Gasteiger charge is 2.15. The molecular formula is C13H23NOS2. The van der Waals surface area contributed by atoms with Crippen LogP contribution >= 0.6 is 11.3 Å². The number of nitrogens with one attached hydrogen (secondary N) is 1. The summed E-state index contributed by atoms with van der Waals surface area (Å²) in [5.74, 6) is 0.796. The van der Waals surface area contributed by atoms with E-state index >= 15 is 0 Å². The normalized spacial score (nSPS) is 13.9. The number of rotatable bonds is 6. The van der Waals surface area contributed by atoms with Crippen molar-refractivity contribution in [3.05, 3.63) is 21.9 Å². The fourth-order valence-electron chi connectivity index (χ4n) is 1.49. The summed E-state index contributed by atoms with van der Waals surface area (Å²) in [7, 11) is -0.659. The minimum Gasteiger partial charge on any atom is -0.312 e. The van der Waals surface area contributed by atoms with Gasteiger partial charge in [-0.05, 0) is 30.5 Å². The van der Waals surface area contributed by atoms with E-state index in [4.69, 9.17) is 0 Å². The van der Waals surface area contributed by atoms with Crippen molar-refractivity contribution in [2.75, 3.05) is 18.6 Å². The van der Waals surface area contributed by atoms with Crippen LogP contribution in [0.4, 0.5) is 0 Å². The highest BCUT2D eigenvalue weighted by atomic mass is 32.2. The molecule has 0 saturated carbocycles. The van der Waals surface area contributed by atoms with Crippen molar-refractivity contribution in [1.82, 2.24) is 5.32 Å². The number of hydrogen-bond acceptors (Lipinski definition) is 3. The van der Waals surface area contributed by atoms with E-state index in [-0.39, 0.29) is 5.41 Å². The Morgan fingerprint density at radius 2 is 2.06 bits per heavy atom. The lowest BCUT2D eigenvalue weighted by atomic mass is 9.95. The van der Waals surface area contributed by atoms with Gasteiger partial charge in [0.05, 0.1) is 0 Å². The highest BCUT2D eigenvalue weighted by Crippen LogP contribution is 2.29. The second kappa shape index (κ2) is 6.66. The lowest BCUT2D eigenvalue weighted by Gasteiger charge is -2.15. The molecule has 0 spiro atoms. The van der Waals surface area contributed by atoms with Gasteiger partial charge in [-0.3, -0.25) is 4.21 Å². The second-order valence-corrected chi connectivity index (χ2v) is 8.05. The van der Waals surface area contributed by atoms with Crippen LogP contribution in [-0.2, 0) is 22.8 Å². The molecule has 1 aromatic rings. The SMILES string of the molecule is CS(=O)CCCNCc1ccc(C(C)(C)C)s1. The largest absolute Gasteiger partial charge is 0.312 e. The first kappa shape index (κ1) is 14.9. The smallest absolute Gasteiger partial charge is 0.0299 e. The Morgan fingerprint density at radius 3 is 2.59 bits per heavy atom. The summed E-state index contributed by atoms with van der Waals surface area (Å²) in [5, 5.41) is 3.40. The Bertz CT molecular complexity index is 366. The maximum Gasteiger partial charge on any atom is 0.0299 e. The van der Waals surface area contributed by atoms with Crippen molar-refractivity contribution in [3.8, 4) is 0 Å². The molecule has 0 aliphatic rings. The number of hydrogen-bond donors (Lipinski definition) is 1. The van der Waals surface area contributed by atoms with Crippen LogP contribution in [0.5, 0.6) is 0 Å². The van der Waals surface area contributed by atoms with Crippen LogP contribution in [0.1, 0.15) is 36.9 Å². The van der Waals surface area contributed by atoms with E-state index in [9.17, 15) is 4.21 Å². The summed E-state index contributed by atoms with van der Waals surface area (Å²) < 4.78 is 10.9. The van der Waals surface area contributed by atoms with Crippen LogP contribution < -0.4 is 5.32 Å². The molecule has 1 aromatic heterocycles. The standard InChI is InChI=1S/C13H23NOS2/c1-13(2,3)12-7-6-11(16-12)10-14-8-5-9-17(4)15/h6-7,14H,5,8-10H2,1-4H3. The van der Waals surface area contributed by atoms with Crippen LogP contribution in [0.2, 0.25) is 0 Å². The van der Waals surface area contributed by atoms with Crippen LogP contribution in [-0.4, -0.2) is 22.8 Å². The summed E-state index contributed by atoms with van der Waals surface area (Å²) in [6, 6.07) is 4.43. The maximum absolute atomic E-state index is 10.9. The average molecular weight is 273 g/mol. The molecule has 1 atom stereocenters. The first-order valence-electron chi connectivity index (χ1n) is 5.99. The highest BCUT2D eigenvalue weighted by molar-refractivity contribution is 7.84. The second-order valence-electron chi connectivity index (χ2n) is 5.32. The van der Waals surface area contributed by atoms with Gasteiger partial charge in [-0.1, -0.05) is 20.8 Å². The van der Waals surface area contributed by atoms with Crippen molar-refractivity contribution in [3.63, 3.8) is 0 Å². The molecule has 2 nitrogen and oxygen atoms in total. The molecule has 0 aromatic carbocycles. The van der Waals surface area contributed by atoms with Crippen molar-refractivity contribution >= 4 is 22.1 Å².